The van der Waals surface area contributed by atoms with Crippen molar-refractivity contribution in [1.82, 2.24) is 4.90 Å². The van der Waals surface area contributed by atoms with Crippen LogP contribution in [0.15, 0.2) is 5.16 Å². The summed E-state index contributed by atoms with van der Waals surface area (Å²) in [7, 11) is 0. The molecule has 2 aliphatic rings. The summed E-state index contributed by atoms with van der Waals surface area (Å²) in [4.78, 5) is 2.43. The Balaban J connectivity index is 2.10. The molecule has 0 aromatic rings. The van der Waals surface area contributed by atoms with Crippen LogP contribution < -0.4 is 0 Å². The molecule has 3 nitrogen and oxygen atoms in total. The van der Waals surface area contributed by atoms with Crippen molar-refractivity contribution in [2.24, 2.45) is 5.16 Å². The first kappa shape index (κ1) is 7.10. The summed E-state index contributed by atoms with van der Waals surface area (Å²) in [5.74, 6) is 0. The van der Waals surface area contributed by atoms with Crippen LogP contribution in [-0.2, 0) is 0 Å². The van der Waals surface area contributed by atoms with Gasteiger partial charge in [-0.1, -0.05) is 11.6 Å². The highest BCUT2D eigenvalue weighted by Crippen LogP contribution is 2.24. The molecule has 0 aliphatic carbocycles. The van der Waals surface area contributed by atoms with E-state index in [9.17, 15) is 0 Å². The molecule has 0 spiro atoms. The van der Waals surface area contributed by atoms with E-state index in [2.05, 4.69) is 10.1 Å². The Kier molecular flexibility index (Phi) is 1.82. The van der Waals surface area contributed by atoms with Gasteiger partial charge in [0.15, 0.2) is 0 Å². The first-order valence-corrected chi connectivity index (χ1v) is 4.36. The van der Waals surface area contributed by atoms with Gasteiger partial charge >= 0.3 is 0 Å². The SMILES string of the molecule is O/N=C1/CCN2CCCC[C@@H]12. The molecule has 11 heavy (non-hydrogen) atoms. The van der Waals surface area contributed by atoms with Gasteiger partial charge in [-0.05, 0) is 19.4 Å². The van der Waals surface area contributed by atoms with E-state index < -0.39 is 0 Å². The van der Waals surface area contributed by atoms with E-state index in [1.165, 1.54) is 25.8 Å². The molecule has 0 amide bonds. The van der Waals surface area contributed by atoms with Gasteiger partial charge in [-0.25, -0.2) is 0 Å². The van der Waals surface area contributed by atoms with Crippen molar-refractivity contribution in [3.8, 4) is 0 Å². The molecule has 0 unspecified atom stereocenters. The summed E-state index contributed by atoms with van der Waals surface area (Å²) in [6.45, 7) is 2.30. The van der Waals surface area contributed by atoms with E-state index in [1.807, 2.05) is 0 Å². The molecule has 2 saturated heterocycles. The fraction of sp³-hybridized carbons (Fsp3) is 0.875. The van der Waals surface area contributed by atoms with Crippen LogP contribution in [0.25, 0.3) is 0 Å². The minimum atomic E-state index is 0.480. The van der Waals surface area contributed by atoms with Crippen molar-refractivity contribution in [3.05, 3.63) is 0 Å². The molecule has 1 N–H and O–H groups in total. The smallest absolute Gasteiger partial charge is 0.0754 e. The summed E-state index contributed by atoms with van der Waals surface area (Å²) in [5, 5.41) is 12.0. The summed E-state index contributed by atoms with van der Waals surface area (Å²) >= 11 is 0. The van der Waals surface area contributed by atoms with Crippen LogP contribution in [0.5, 0.6) is 0 Å². The lowest BCUT2D eigenvalue weighted by Gasteiger charge is -2.28. The average Bonchev–Trinajstić information content (AvgIpc) is 2.47. The third-order valence-corrected chi connectivity index (χ3v) is 2.78. The minimum Gasteiger partial charge on any atom is -0.411 e. The number of fused-ring (bicyclic) bond motifs is 1. The van der Waals surface area contributed by atoms with Gasteiger partial charge in [-0.15, -0.1) is 0 Å². The Labute approximate surface area is 66.7 Å². The quantitative estimate of drug-likeness (QED) is 0.418. The van der Waals surface area contributed by atoms with Gasteiger partial charge in [0.2, 0.25) is 0 Å². The number of rotatable bonds is 0. The molecule has 0 radical (unpaired) electrons. The number of nitrogens with zero attached hydrogens (tertiary/aromatic N) is 2. The first-order chi connectivity index (χ1) is 5.42. The van der Waals surface area contributed by atoms with Crippen LogP contribution >= 0.6 is 0 Å². The van der Waals surface area contributed by atoms with E-state index >= 15 is 0 Å². The van der Waals surface area contributed by atoms with E-state index in [4.69, 9.17) is 5.21 Å². The van der Waals surface area contributed by atoms with Gasteiger partial charge in [0, 0.05) is 13.0 Å². The molecule has 2 fully saturated rings. The first-order valence-electron chi connectivity index (χ1n) is 4.36. The fourth-order valence-corrected chi connectivity index (χ4v) is 2.18. The lowest BCUT2D eigenvalue weighted by molar-refractivity contribution is 0.219. The molecule has 0 saturated carbocycles. The Morgan fingerprint density at radius 1 is 1.36 bits per heavy atom. The summed E-state index contributed by atoms with van der Waals surface area (Å²) < 4.78 is 0. The van der Waals surface area contributed by atoms with E-state index in [1.54, 1.807) is 0 Å². The number of piperidine rings is 1. The van der Waals surface area contributed by atoms with Gasteiger partial charge < -0.3 is 5.21 Å². The number of hydrogen-bond acceptors (Lipinski definition) is 3. The van der Waals surface area contributed by atoms with E-state index in [0.29, 0.717) is 6.04 Å². The fourth-order valence-electron chi connectivity index (χ4n) is 2.18. The maximum Gasteiger partial charge on any atom is 0.0754 e. The van der Waals surface area contributed by atoms with Crippen LogP contribution in [-0.4, -0.2) is 35.0 Å². The maximum absolute atomic E-state index is 8.67. The van der Waals surface area contributed by atoms with Crippen molar-refractivity contribution in [2.45, 2.75) is 31.7 Å². The largest absolute Gasteiger partial charge is 0.411 e. The molecule has 2 heterocycles. The summed E-state index contributed by atoms with van der Waals surface area (Å²) in [6.07, 6.45) is 4.77. The molecule has 0 aromatic heterocycles. The molecule has 0 bridgehead atoms. The number of oxime groups is 1. The maximum atomic E-state index is 8.67. The third kappa shape index (κ3) is 1.13. The molecular weight excluding hydrogens is 140 g/mol. The second-order valence-corrected chi connectivity index (χ2v) is 3.39. The molecule has 2 rings (SSSR count). The lowest BCUT2D eigenvalue weighted by Crippen LogP contribution is -2.37. The normalized spacial score (nSPS) is 36.0. The average molecular weight is 154 g/mol. The Morgan fingerprint density at radius 2 is 2.27 bits per heavy atom. The molecule has 2 aliphatic heterocycles. The summed E-state index contributed by atoms with van der Waals surface area (Å²) in [5.41, 5.74) is 1.00. The van der Waals surface area contributed by atoms with Crippen LogP contribution in [0, 0.1) is 0 Å². The molecule has 3 heteroatoms. The van der Waals surface area contributed by atoms with Gasteiger partial charge in [-0.2, -0.15) is 0 Å². The molecule has 62 valence electrons. The van der Waals surface area contributed by atoms with Crippen molar-refractivity contribution in [1.29, 1.82) is 0 Å². The standard InChI is InChI=1S/C8H14N2O/c11-9-7-4-6-10-5-2-1-3-8(7)10/h8,11H,1-6H2/b9-7-/t8-/m0/s1. The van der Waals surface area contributed by atoms with Crippen LogP contribution in [0.3, 0.4) is 0 Å². The van der Waals surface area contributed by atoms with Gasteiger partial charge in [0.25, 0.3) is 0 Å². The highest BCUT2D eigenvalue weighted by molar-refractivity contribution is 5.91. The van der Waals surface area contributed by atoms with Crippen molar-refractivity contribution in [2.75, 3.05) is 13.1 Å². The van der Waals surface area contributed by atoms with Crippen molar-refractivity contribution < 1.29 is 5.21 Å². The third-order valence-electron chi connectivity index (χ3n) is 2.78. The summed E-state index contributed by atoms with van der Waals surface area (Å²) in [6, 6.07) is 0.480. The zero-order valence-electron chi connectivity index (χ0n) is 6.66. The molecule has 0 aromatic carbocycles. The van der Waals surface area contributed by atoms with Crippen LogP contribution in [0.1, 0.15) is 25.7 Å². The molecular formula is C8H14N2O. The predicted molar refractivity (Wildman–Crippen MR) is 43.1 cm³/mol. The van der Waals surface area contributed by atoms with Crippen molar-refractivity contribution in [3.63, 3.8) is 0 Å². The topological polar surface area (TPSA) is 35.8 Å². The van der Waals surface area contributed by atoms with Gasteiger partial charge in [-0.3, -0.25) is 4.90 Å². The monoisotopic (exact) mass is 154 g/mol. The second kappa shape index (κ2) is 2.81. The second-order valence-electron chi connectivity index (χ2n) is 3.39. The highest BCUT2D eigenvalue weighted by Gasteiger charge is 2.32. The Morgan fingerprint density at radius 3 is 3.09 bits per heavy atom. The zero-order valence-corrected chi connectivity index (χ0v) is 6.66. The van der Waals surface area contributed by atoms with Crippen LogP contribution in [0.2, 0.25) is 0 Å². The van der Waals surface area contributed by atoms with Crippen molar-refractivity contribution >= 4 is 5.71 Å². The minimum absolute atomic E-state index is 0.480. The lowest BCUT2D eigenvalue weighted by atomic mass is 10.0. The van der Waals surface area contributed by atoms with E-state index in [-0.39, 0.29) is 0 Å². The van der Waals surface area contributed by atoms with Crippen LogP contribution in [0.4, 0.5) is 0 Å². The molecule has 1 atom stereocenters. The van der Waals surface area contributed by atoms with Gasteiger partial charge in [0.05, 0.1) is 11.8 Å². The highest BCUT2D eigenvalue weighted by atomic mass is 16.4. The zero-order chi connectivity index (χ0) is 7.68. The number of hydrogen-bond donors (Lipinski definition) is 1. The Bertz CT molecular complexity index is 179. The predicted octanol–water partition coefficient (Wildman–Crippen LogP) is 1.07. The Hall–Kier alpha value is -0.570. The van der Waals surface area contributed by atoms with E-state index in [0.717, 1.165) is 18.7 Å². The van der Waals surface area contributed by atoms with Gasteiger partial charge in [0.1, 0.15) is 0 Å².